The molecule has 2 aromatic rings. The normalized spacial score (nSPS) is 25.0. The first-order chi connectivity index (χ1) is 11.6. The van der Waals surface area contributed by atoms with E-state index in [0.29, 0.717) is 11.5 Å². The Morgan fingerprint density at radius 1 is 1.29 bits per heavy atom. The van der Waals surface area contributed by atoms with Crippen LogP contribution in [0, 0.1) is 12.8 Å². The number of hydrogen-bond acceptors (Lipinski definition) is 4. The lowest BCUT2D eigenvalue weighted by atomic mass is 10.0. The molecule has 2 amide bonds. The average molecular weight is 341 g/mol. The van der Waals surface area contributed by atoms with Gasteiger partial charge in [-0.05, 0) is 49.3 Å². The Balaban J connectivity index is 1.48. The molecule has 4 rings (SSSR count). The van der Waals surface area contributed by atoms with Crippen molar-refractivity contribution in [3.05, 3.63) is 52.0 Å². The molecule has 6 heteroatoms. The van der Waals surface area contributed by atoms with E-state index in [0.717, 1.165) is 30.0 Å². The van der Waals surface area contributed by atoms with Crippen LogP contribution in [0.1, 0.15) is 38.6 Å². The first-order valence-electron chi connectivity index (χ1n) is 8.20. The lowest BCUT2D eigenvalue weighted by Crippen LogP contribution is -2.51. The number of aromatic nitrogens is 1. The second-order valence-electron chi connectivity index (χ2n) is 6.61. The highest BCUT2D eigenvalue weighted by Crippen LogP contribution is 2.38. The maximum Gasteiger partial charge on any atom is 0.261 e. The molecular weight excluding hydrogens is 322 g/mol. The highest BCUT2D eigenvalue weighted by molar-refractivity contribution is 7.12. The maximum atomic E-state index is 12.8. The summed E-state index contributed by atoms with van der Waals surface area (Å²) in [6.07, 6.45) is 3.57. The molecule has 3 heterocycles. The molecular formula is C18H19N3O2S. The molecule has 0 unspecified atom stereocenters. The summed E-state index contributed by atoms with van der Waals surface area (Å²) < 4.78 is 0. The van der Waals surface area contributed by atoms with Crippen LogP contribution in [-0.2, 0) is 0 Å². The fourth-order valence-corrected chi connectivity index (χ4v) is 4.45. The van der Waals surface area contributed by atoms with Crippen molar-refractivity contribution >= 4 is 23.2 Å². The maximum absolute atomic E-state index is 12.8. The number of nitrogens with one attached hydrogen (secondary N) is 1. The number of aryl methyl sites for hydroxylation is 1. The number of amides is 2. The molecule has 0 aromatic carbocycles. The van der Waals surface area contributed by atoms with Crippen molar-refractivity contribution in [2.75, 3.05) is 6.54 Å². The number of fused-ring (bicyclic) bond motifs is 2. The number of nitrogens with zero attached hydrogens (tertiary/aromatic N) is 2. The Labute approximate surface area is 144 Å². The third-order valence-corrected chi connectivity index (χ3v) is 5.83. The van der Waals surface area contributed by atoms with E-state index >= 15 is 0 Å². The molecule has 1 N–H and O–H groups in total. The Morgan fingerprint density at radius 3 is 2.83 bits per heavy atom. The van der Waals surface area contributed by atoms with Gasteiger partial charge in [0.25, 0.3) is 11.8 Å². The van der Waals surface area contributed by atoms with Crippen LogP contribution < -0.4 is 5.32 Å². The van der Waals surface area contributed by atoms with Gasteiger partial charge >= 0.3 is 0 Å². The van der Waals surface area contributed by atoms with Gasteiger partial charge in [0.05, 0.1) is 16.5 Å². The fraction of sp³-hybridized carbons (Fsp3) is 0.389. The van der Waals surface area contributed by atoms with Gasteiger partial charge in [-0.1, -0.05) is 6.07 Å². The standard InChI is InChI=1S/C18H19N3O2S/c1-11-4-5-13(9-19-11)18(23)21-10-12-7-14(15(21)8-12)20-17(22)16-3-2-6-24-16/h2-6,9,12,14-15H,7-8,10H2,1H3,(H,20,22)/t12-,14+,15-/m1/s1. The Morgan fingerprint density at radius 2 is 2.17 bits per heavy atom. The van der Waals surface area contributed by atoms with Crippen LogP contribution >= 0.6 is 11.3 Å². The van der Waals surface area contributed by atoms with Crippen LogP contribution in [-0.4, -0.2) is 40.3 Å². The third kappa shape index (κ3) is 2.71. The van der Waals surface area contributed by atoms with Crippen LogP contribution in [0.4, 0.5) is 0 Å². The van der Waals surface area contributed by atoms with Crippen LogP contribution in [0.2, 0.25) is 0 Å². The van der Waals surface area contributed by atoms with E-state index < -0.39 is 0 Å². The zero-order valence-corrected chi connectivity index (χ0v) is 14.3. The zero-order valence-electron chi connectivity index (χ0n) is 13.4. The van der Waals surface area contributed by atoms with Gasteiger partial charge in [-0.3, -0.25) is 14.6 Å². The number of carbonyl (C=O) groups is 2. The second kappa shape index (κ2) is 6.02. The minimum Gasteiger partial charge on any atom is -0.347 e. The molecule has 124 valence electrons. The quantitative estimate of drug-likeness (QED) is 0.933. The number of piperidine rings is 1. The third-order valence-electron chi connectivity index (χ3n) is 4.96. The highest BCUT2D eigenvalue weighted by Gasteiger charge is 2.47. The van der Waals surface area contributed by atoms with Gasteiger partial charge in [-0.15, -0.1) is 11.3 Å². The van der Waals surface area contributed by atoms with Gasteiger partial charge in [0.15, 0.2) is 0 Å². The summed E-state index contributed by atoms with van der Waals surface area (Å²) in [6.45, 7) is 2.69. The van der Waals surface area contributed by atoms with Crippen molar-refractivity contribution in [3.8, 4) is 0 Å². The van der Waals surface area contributed by atoms with E-state index in [9.17, 15) is 9.59 Å². The van der Waals surface area contributed by atoms with E-state index in [2.05, 4.69) is 10.3 Å². The lowest BCUT2D eigenvalue weighted by molar-refractivity contribution is 0.0648. The molecule has 3 atom stereocenters. The summed E-state index contributed by atoms with van der Waals surface area (Å²) in [5.74, 6) is 0.461. The first kappa shape index (κ1) is 15.3. The van der Waals surface area contributed by atoms with E-state index in [4.69, 9.17) is 0 Å². The summed E-state index contributed by atoms with van der Waals surface area (Å²) in [7, 11) is 0. The summed E-state index contributed by atoms with van der Waals surface area (Å²) >= 11 is 1.44. The SMILES string of the molecule is Cc1ccc(C(=O)N2C[C@@H]3C[C@H](NC(=O)c4cccs4)[C@H]2C3)cn1. The van der Waals surface area contributed by atoms with Gasteiger partial charge in [-0.2, -0.15) is 0 Å². The molecule has 1 saturated carbocycles. The zero-order chi connectivity index (χ0) is 16.7. The fourth-order valence-electron chi connectivity index (χ4n) is 3.82. The predicted octanol–water partition coefficient (Wildman–Crippen LogP) is 2.48. The lowest BCUT2D eigenvalue weighted by Gasteiger charge is -2.33. The number of thiophene rings is 1. The van der Waals surface area contributed by atoms with Gasteiger partial charge in [0.2, 0.25) is 0 Å². The first-order valence-corrected chi connectivity index (χ1v) is 9.08. The van der Waals surface area contributed by atoms with Crippen molar-refractivity contribution in [3.63, 3.8) is 0 Å². The van der Waals surface area contributed by atoms with E-state index in [1.807, 2.05) is 41.5 Å². The average Bonchev–Trinajstić information content (AvgIpc) is 3.31. The van der Waals surface area contributed by atoms with E-state index in [1.54, 1.807) is 6.20 Å². The Bertz CT molecular complexity index is 757. The summed E-state index contributed by atoms with van der Waals surface area (Å²) in [6, 6.07) is 7.52. The number of pyridine rings is 1. The molecule has 2 aliphatic rings. The minimum absolute atomic E-state index is 0.0186. The number of rotatable bonds is 3. The topological polar surface area (TPSA) is 62.3 Å². The van der Waals surface area contributed by atoms with Gasteiger partial charge in [0, 0.05) is 24.5 Å². The molecule has 5 nitrogen and oxygen atoms in total. The second-order valence-corrected chi connectivity index (χ2v) is 7.56. The van der Waals surface area contributed by atoms with Crippen LogP contribution in [0.15, 0.2) is 35.8 Å². The largest absolute Gasteiger partial charge is 0.347 e. The van der Waals surface area contributed by atoms with Crippen molar-refractivity contribution in [2.24, 2.45) is 5.92 Å². The van der Waals surface area contributed by atoms with Crippen LogP contribution in [0.3, 0.4) is 0 Å². The van der Waals surface area contributed by atoms with E-state index in [1.165, 1.54) is 11.3 Å². The predicted molar refractivity (Wildman–Crippen MR) is 92.1 cm³/mol. The molecule has 2 bridgehead atoms. The number of carbonyl (C=O) groups excluding carboxylic acids is 2. The summed E-state index contributed by atoms with van der Waals surface area (Å²) in [5.41, 5.74) is 1.52. The Kier molecular flexibility index (Phi) is 3.84. The van der Waals surface area contributed by atoms with Gasteiger partial charge < -0.3 is 10.2 Å². The van der Waals surface area contributed by atoms with Crippen molar-refractivity contribution < 1.29 is 9.59 Å². The van der Waals surface area contributed by atoms with Gasteiger partial charge in [-0.25, -0.2) is 0 Å². The minimum atomic E-state index is -0.0352. The molecule has 1 aliphatic carbocycles. The van der Waals surface area contributed by atoms with E-state index in [-0.39, 0.29) is 23.9 Å². The molecule has 0 spiro atoms. The van der Waals surface area contributed by atoms with Gasteiger partial charge in [0.1, 0.15) is 0 Å². The monoisotopic (exact) mass is 341 g/mol. The van der Waals surface area contributed by atoms with Crippen molar-refractivity contribution in [2.45, 2.75) is 31.8 Å². The molecule has 1 aliphatic heterocycles. The molecule has 2 fully saturated rings. The number of hydrogen-bond donors (Lipinski definition) is 1. The number of likely N-dealkylation sites (tertiary alicyclic amines) is 1. The van der Waals surface area contributed by atoms with Crippen LogP contribution in [0.5, 0.6) is 0 Å². The van der Waals surface area contributed by atoms with Crippen molar-refractivity contribution in [1.82, 2.24) is 15.2 Å². The molecule has 2 aromatic heterocycles. The summed E-state index contributed by atoms with van der Waals surface area (Å²) in [4.78, 5) is 31.9. The molecule has 24 heavy (non-hydrogen) atoms. The summed E-state index contributed by atoms with van der Waals surface area (Å²) in [5, 5.41) is 5.02. The molecule has 0 radical (unpaired) electrons. The smallest absolute Gasteiger partial charge is 0.261 e. The highest BCUT2D eigenvalue weighted by atomic mass is 32.1. The van der Waals surface area contributed by atoms with Crippen LogP contribution in [0.25, 0.3) is 0 Å². The van der Waals surface area contributed by atoms with Crippen molar-refractivity contribution in [1.29, 1.82) is 0 Å². The molecule has 1 saturated heterocycles. The Hall–Kier alpha value is -2.21.